The molecule has 1 aromatic heterocycles. The molecule has 15 heavy (non-hydrogen) atoms. The van der Waals surface area contributed by atoms with Gasteiger partial charge in [0.25, 0.3) is 0 Å². The monoisotopic (exact) mass is 203 g/mol. The van der Waals surface area contributed by atoms with Crippen LogP contribution < -0.4 is 0 Å². The van der Waals surface area contributed by atoms with Crippen LogP contribution in [0.25, 0.3) is 0 Å². The fourth-order valence-corrected chi connectivity index (χ4v) is 1.66. The summed E-state index contributed by atoms with van der Waals surface area (Å²) in [6.45, 7) is 4.87. The molecule has 4 heteroatoms. The molecule has 0 atom stereocenters. The van der Waals surface area contributed by atoms with Gasteiger partial charge >= 0.3 is 0 Å². The number of hydrogen-bond donors (Lipinski definition) is 0. The highest BCUT2D eigenvalue weighted by atomic mass is 16.2. The Bertz CT molecular complexity index is 364. The first-order valence-corrected chi connectivity index (χ1v) is 4.97. The van der Waals surface area contributed by atoms with Crippen LogP contribution in [-0.2, 0) is 17.9 Å². The topological polar surface area (TPSA) is 46.1 Å². The van der Waals surface area contributed by atoms with Crippen LogP contribution in [0.4, 0.5) is 0 Å². The highest BCUT2D eigenvalue weighted by molar-refractivity contribution is 5.76. The van der Waals surface area contributed by atoms with Crippen molar-refractivity contribution in [2.45, 2.75) is 25.9 Å². The average molecular weight is 203 g/mol. The molecule has 0 saturated carbocycles. The zero-order valence-electron chi connectivity index (χ0n) is 8.52. The third-order valence-electron chi connectivity index (χ3n) is 2.50. The van der Waals surface area contributed by atoms with E-state index < -0.39 is 0 Å². The number of hydrogen-bond acceptors (Lipinski definition) is 3. The number of rotatable bonds is 3. The second kappa shape index (κ2) is 4.21. The summed E-state index contributed by atoms with van der Waals surface area (Å²) in [5.74, 6) is 0.160. The molecular weight excluding hydrogens is 190 g/mol. The standard InChI is InChI=1S/C11H13N3O/c1-2-3-4-11(15)14-6-9-5-12-8-13-10(9)7-14/h2,5,8H,1,3-4,6-7H2. The van der Waals surface area contributed by atoms with Crippen LogP contribution in [0.1, 0.15) is 24.1 Å². The van der Waals surface area contributed by atoms with Gasteiger partial charge in [0.15, 0.2) is 0 Å². The van der Waals surface area contributed by atoms with E-state index in [1.54, 1.807) is 12.3 Å². The SMILES string of the molecule is C=CCCC(=O)N1Cc2cncnc2C1. The van der Waals surface area contributed by atoms with Gasteiger partial charge in [0.05, 0.1) is 12.2 Å². The van der Waals surface area contributed by atoms with Gasteiger partial charge < -0.3 is 4.90 Å². The van der Waals surface area contributed by atoms with Crippen LogP contribution in [0.3, 0.4) is 0 Å². The molecule has 1 amide bonds. The number of nitrogens with zero attached hydrogens (tertiary/aromatic N) is 3. The molecule has 0 spiro atoms. The highest BCUT2D eigenvalue weighted by Crippen LogP contribution is 2.20. The van der Waals surface area contributed by atoms with E-state index in [4.69, 9.17) is 0 Å². The Morgan fingerprint density at radius 1 is 1.60 bits per heavy atom. The minimum absolute atomic E-state index is 0.160. The fourth-order valence-electron chi connectivity index (χ4n) is 1.66. The Labute approximate surface area is 88.7 Å². The first-order valence-electron chi connectivity index (χ1n) is 4.97. The summed E-state index contributed by atoms with van der Waals surface area (Å²) < 4.78 is 0. The van der Waals surface area contributed by atoms with Gasteiger partial charge in [0.1, 0.15) is 6.33 Å². The first-order chi connectivity index (χ1) is 7.31. The van der Waals surface area contributed by atoms with Crippen LogP contribution in [0.2, 0.25) is 0 Å². The Morgan fingerprint density at radius 2 is 2.47 bits per heavy atom. The quantitative estimate of drug-likeness (QED) is 0.695. The van der Waals surface area contributed by atoms with Crippen molar-refractivity contribution in [3.05, 3.63) is 36.4 Å². The minimum atomic E-state index is 0.160. The summed E-state index contributed by atoms with van der Waals surface area (Å²) in [7, 11) is 0. The van der Waals surface area contributed by atoms with Gasteiger partial charge in [-0.3, -0.25) is 4.79 Å². The van der Waals surface area contributed by atoms with E-state index in [1.807, 2.05) is 4.90 Å². The first kappa shape index (κ1) is 9.83. The van der Waals surface area contributed by atoms with E-state index in [0.717, 1.165) is 17.7 Å². The van der Waals surface area contributed by atoms with Crippen LogP contribution in [0.15, 0.2) is 25.2 Å². The van der Waals surface area contributed by atoms with Gasteiger partial charge in [-0.2, -0.15) is 0 Å². The predicted molar refractivity (Wildman–Crippen MR) is 55.7 cm³/mol. The Balaban J connectivity index is 2.00. The summed E-state index contributed by atoms with van der Waals surface area (Å²) in [4.78, 5) is 21.6. The van der Waals surface area contributed by atoms with Gasteiger partial charge in [-0.25, -0.2) is 9.97 Å². The van der Waals surface area contributed by atoms with E-state index >= 15 is 0 Å². The maximum atomic E-state index is 11.7. The molecule has 2 rings (SSSR count). The molecule has 1 aliphatic heterocycles. The largest absolute Gasteiger partial charge is 0.332 e. The van der Waals surface area contributed by atoms with Crippen molar-refractivity contribution in [3.63, 3.8) is 0 Å². The molecule has 0 aromatic carbocycles. The molecule has 1 aliphatic rings. The van der Waals surface area contributed by atoms with E-state index in [2.05, 4.69) is 16.5 Å². The molecule has 0 bridgehead atoms. The van der Waals surface area contributed by atoms with Gasteiger partial charge in [-0.15, -0.1) is 6.58 Å². The molecule has 0 saturated heterocycles. The summed E-state index contributed by atoms with van der Waals surface area (Å²) in [6.07, 6.45) is 6.34. The van der Waals surface area contributed by atoms with Crippen molar-refractivity contribution >= 4 is 5.91 Å². The van der Waals surface area contributed by atoms with Crippen molar-refractivity contribution in [2.24, 2.45) is 0 Å². The van der Waals surface area contributed by atoms with E-state index in [-0.39, 0.29) is 5.91 Å². The minimum Gasteiger partial charge on any atom is -0.332 e. The average Bonchev–Trinajstić information content (AvgIpc) is 2.69. The molecule has 4 nitrogen and oxygen atoms in total. The molecule has 0 radical (unpaired) electrons. The summed E-state index contributed by atoms with van der Waals surface area (Å²) in [6, 6.07) is 0. The third kappa shape index (κ3) is 2.03. The summed E-state index contributed by atoms with van der Waals surface area (Å²) in [5.41, 5.74) is 2.03. The number of amides is 1. The number of carbonyl (C=O) groups excluding carboxylic acids is 1. The zero-order chi connectivity index (χ0) is 10.7. The molecule has 0 fully saturated rings. The van der Waals surface area contributed by atoms with Crippen molar-refractivity contribution in [1.82, 2.24) is 14.9 Å². The van der Waals surface area contributed by atoms with Gasteiger partial charge in [0, 0.05) is 24.7 Å². The number of carbonyl (C=O) groups is 1. The van der Waals surface area contributed by atoms with Gasteiger partial charge in [0.2, 0.25) is 5.91 Å². The van der Waals surface area contributed by atoms with Crippen molar-refractivity contribution < 1.29 is 4.79 Å². The lowest BCUT2D eigenvalue weighted by Crippen LogP contribution is -2.24. The van der Waals surface area contributed by atoms with Gasteiger partial charge in [-0.1, -0.05) is 6.08 Å². The van der Waals surface area contributed by atoms with Crippen LogP contribution in [-0.4, -0.2) is 20.8 Å². The predicted octanol–water partition coefficient (Wildman–Crippen LogP) is 1.29. The second-order valence-electron chi connectivity index (χ2n) is 3.57. The number of allylic oxidation sites excluding steroid dienone is 1. The molecule has 0 unspecified atom stereocenters. The molecule has 1 aromatic rings. The van der Waals surface area contributed by atoms with Crippen molar-refractivity contribution in [1.29, 1.82) is 0 Å². The lowest BCUT2D eigenvalue weighted by molar-refractivity contribution is -0.131. The van der Waals surface area contributed by atoms with E-state index in [1.165, 1.54) is 6.33 Å². The Kier molecular flexibility index (Phi) is 2.76. The van der Waals surface area contributed by atoms with Crippen LogP contribution >= 0.6 is 0 Å². The lowest BCUT2D eigenvalue weighted by atomic mass is 10.3. The Hall–Kier alpha value is -1.71. The maximum absolute atomic E-state index is 11.7. The number of aromatic nitrogens is 2. The van der Waals surface area contributed by atoms with Crippen molar-refractivity contribution in [3.8, 4) is 0 Å². The lowest BCUT2D eigenvalue weighted by Gasteiger charge is -2.13. The van der Waals surface area contributed by atoms with Crippen LogP contribution in [0.5, 0.6) is 0 Å². The van der Waals surface area contributed by atoms with Gasteiger partial charge in [-0.05, 0) is 6.42 Å². The molecule has 78 valence electrons. The summed E-state index contributed by atoms with van der Waals surface area (Å²) in [5, 5.41) is 0. The number of fused-ring (bicyclic) bond motifs is 1. The highest BCUT2D eigenvalue weighted by Gasteiger charge is 2.23. The van der Waals surface area contributed by atoms with Crippen LogP contribution in [0, 0.1) is 0 Å². The fraction of sp³-hybridized carbons (Fsp3) is 0.364. The molecule has 0 aliphatic carbocycles. The molecule has 0 N–H and O–H groups in total. The second-order valence-corrected chi connectivity index (χ2v) is 3.57. The van der Waals surface area contributed by atoms with E-state index in [0.29, 0.717) is 19.5 Å². The zero-order valence-corrected chi connectivity index (χ0v) is 8.52. The summed E-state index contributed by atoms with van der Waals surface area (Å²) >= 11 is 0. The van der Waals surface area contributed by atoms with E-state index in [9.17, 15) is 4.79 Å². The maximum Gasteiger partial charge on any atom is 0.223 e. The third-order valence-corrected chi connectivity index (χ3v) is 2.50. The molecule has 2 heterocycles. The Morgan fingerprint density at radius 3 is 3.20 bits per heavy atom. The van der Waals surface area contributed by atoms with Crippen molar-refractivity contribution in [2.75, 3.05) is 0 Å². The smallest absolute Gasteiger partial charge is 0.223 e. The normalized spacial score (nSPS) is 13.7. The molecular formula is C11H13N3O.